The van der Waals surface area contributed by atoms with Crippen molar-refractivity contribution in [2.75, 3.05) is 23.9 Å². The number of fused-ring (bicyclic) bond motifs is 1. The van der Waals surface area contributed by atoms with Crippen molar-refractivity contribution in [3.05, 3.63) is 65.2 Å². The van der Waals surface area contributed by atoms with Gasteiger partial charge in [-0.1, -0.05) is 43.3 Å². The fraction of sp³-hybridized carbons (Fsp3) is 0.250. The zero-order chi connectivity index (χ0) is 16.4. The second-order valence-corrected chi connectivity index (χ2v) is 5.92. The van der Waals surface area contributed by atoms with Gasteiger partial charge in [-0.25, -0.2) is 0 Å². The Hall–Kier alpha value is -2.55. The van der Waals surface area contributed by atoms with Gasteiger partial charge in [0.1, 0.15) is 0 Å². The highest BCUT2D eigenvalue weighted by Gasteiger charge is 2.18. The number of rotatable bonds is 3. The zero-order valence-electron chi connectivity index (χ0n) is 14.0. The van der Waals surface area contributed by atoms with Gasteiger partial charge in [-0.2, -0.15) is 0 Å². The lowest BCUT2D eigenvalue weighted by molar-refractivity contribution is 1.09. The minimum absolute atomic E-state index is 0.465. The molecule has 2 aromatic rings. The maximum Gasteiger partial charge on any atom is 0.202 e. The maximum absolute atomic E-state index is 8.59. The summed E-state index contributed by atoms with van der Waals surface area (Å²) in [5.41, 5.74) is 5.98. The largest absolute Gasteiger partial charge is 0.316 e. The van der Waals surface area contributed by atoms with Gasteiger partial charge in [-0.3, -0.25) is 5.41 Å². The molecule has 1 aliphatic carbocycles. The van der Waals surface area contributed by atoms with Gasteiger partial charge < -0.3 is 9.80 Å². The Labute approximate surface area is 138 Å². The monoisotopic (exact) mass is 305 g/mol. The SMILES string of the molecule is CCc1cccc(N(C)C(=N)N(C)c2cccc3c2C=CC3)c1. The van der Waals surface area contributed by atoms with Crippen molar-refractivity contribution in [2.45, 2.75) is 19.8 Å². The van der Waals surface area contributed by atoms with E-state index in [4.69, 9.17) is 5.41 Å². The molecule has 0 radical (unpaired) electrons. The summed E-state index contributed by atoms with van der Waals surface area (Å²) in [5.74, 6) is 0.465. The first-order valence-corrected chi connectivity index (χ1v) is 8.05. The highest BCUT2D eigenvalue weighted by Crippen LogP contribution is 2.30. The lowest BCUT2D eigenvalue weighted by atomic mass is 10.1. The quantitative estimate of drug-likeness (QED) is 0.676. The van der Waals surface area contributed by atoms with Crippen LogP contribution >= 0.6 is 0 Å². The highest BCUT2D eigenvalue weighted by molar-refractivity contribution is 6.05. The smallest absolute Gasteiger partial charge is 0.202 e. The predicted octanol–water partition coefficient (Wildman–Crippen LogP) is 4.33. The lowest BCUT2D eigenvalue weighted by Gasteiger charge is -2.29. The molecule has 0 spiro atoms. The highest BCUT2D eigenvalue weighted by atomic mass is 15.3. The normalized spacial score (nSPS) is 12.1. The molecule has 0 saturated heterocycles. The number of guanidine groups is 1. The van der Waals surface area contributed by atoms with E-state index >= 15 is 0 Å². The van der Waals surface area contributed by atoms with Crippen LogP contribution in [0.2, 0.25) is 0 Å². The van der Waals surface area contributed by atoms with Crippen LogP contribution in [0.1, 0.15) is 23.6 Å². The van der Waals surface area contributed by atoms with E-state index in [1.54, 1.807) is 0 Å². The van der Waals surface area contributed by atoms with Crippen molar-refractivity contribution in [3.8, 4) is 0 Å². The minimum atomic E-state index is 0.465. The van der Waals surface area contributed by atoms with Gasteiger partial charge in [0.05, 0.1) is 5.69 Å². The van der Waals surface area contributed by atoms with Crippen LogP contribution in [-0.2, 0) is 12.8 Å². The topological polar surface area (TPSA) is 30.3 Å². The van der Waals surface area contributed by atoms with E-state index in [-0.39, 0.29) is 0 Å². The molecule has 2 aromatic carbocycles. The zero-order valence-corrected chi connectivity index (χ0v) is 14.0. The van der Waals surface area contributed by atoms with Crippen molar-refractivity contribution >= 4 is 23.4 Å². The first-order valence-electron chi connectivity index (χ1n) is 8.05. The average Bonchev–Trinajstić information content (AvgIpc) is 3.08. The summed E-state index contributed by atoms with van der Waals surface area (Å²) in [6.45, 7) is 2.15. The third-order valence-corrected chi connectivity index (χ3v) is 4.50. The van der Waals surface area contributed by atoms with E-state index in [1.165, 1.54) is 16.7 Å². The lowest BCUT2D eigenvalue weighted by Crippen LogP contribution is -2.40. The van der Waals surface area contributed by atoms with Crippen LogP contribution in [0.3, 0.4) is 0 Å². The summed E-state index contributed by atoms with van der Waals surface area (Å²) in [5, 5.41) is 8.59. The standard InChI is InChI=1S/C20H23N3/c1-4-15-8-5-11-17(14-15)22(2)20(21)23(3)19-13-7-10-16-9-6-12-18(16)19/h5-8,10-14,21H,4,9H2,1-3H3. The Morgan fingerprint density at radius 3 is 2.65 bits per heavy atom. The Balaban J connectivity index is 1.87. The Kier molecular flexibility index (Phi) is 4.20. The van der Waals surface area contributed by atoms with Crippen LogP contribution in [-0.4, -0.2) is 20.1 Å². The molecule has 0 unspecified atom stereocenters. The Morgan fingerprint density at radius 2 is 1.87 bits per heavy atom. The molecule has 0 bridgehead atoms. The first-order chi connectivity index (χ1) is 11.1. The molecule has 0 saturated carbocycles. The molecule has 118 valence electrons. The molecule has 1 aliphatic rings. The van der Waals surface area contributed by atoms with Crippen molar-refractivity contribution < 1.29 is 0 Å². The molecule has 1 N–H and O–H groups in total. The van der Waals surface area contributed by atoms with Gasteiger partial charge in [0, 0.05) is 25.3 Å². The summed E-state index contributed by atoms with van der Waals surface area (Å²) in [6, 6.07) is 14.7. The van der Waals surface area contributed by atoms with Gasteiger partial charge >= 0.3 is 0 Å². The molecule has 0 aliphatic heterocycles. The van der Waals surface area contributed by atoms with Gasteiger partial charge in [0.15, 0.2) is 0 Å². The Bertz CT molecular complexity index is 761. The van der Waals surface area contributed by atoms with Crippen LogP contribution in [0.25, 0.3) is 6.08 Å². The third-order valence-electron chi connectivity index (χ3n) is 4.50. The average molecular weight is 305 g/mol. The fourth-order valence-electron chi connectivity index (χ4n) is 3.01. The fourth-order valence-corrected chi connectivity index (χ4v) is 3.01. The van der Waals surface area contributed by atoms with Crippen LogP contribution in [0.4, 0.5) is 11.4 Å². The number of nitrogens with zero attached hydrogens (tertiary/aromatic N) is 2. The summed E-state index contributed by atoms with van der Waals surface area (Å²) < 4.78 is 0. The summed E-state index contributed by atoms with van der Waals surface area (Å²) in [7, 11) is 3.91. The van der Waals surface area contributed by atoms with Gasteiger partial charge in [-0.15, -0.1) is 0 Å². The minimum Gasteiger partial charge on any atom is -0.316 e. The van der Waals surface area contributed by atoms with E-state index in [9.17, 15) is 0 Å². The van der Waals surface area contributed by atoms with Gasteiger partial charge in [0.2, 0.25) is 5.96 Å². The van der Waals surface area contributed by atoms with Gasteiger partial charge in [-0.05, 0) is 42.2 Å². The molecule has 0 amide bonds. The number of hydrogen-bond acceptors (Lipinski definition) is 1. The van der Waals surface area contributed by atoms with E-state index in [2.05, 4.69) is 61.5 Å². The van der Waals surface area contributed by atoms with Crippen LogP contribution in [0.5, 0.6) is 0 Å². The van der Waals surface area contributed by atoms with E-state index < -0.39 is 0 Å². The third kappa shape index (κ3) is 2.87. The molecular weight excluding hydrogens is 282 g/mol. The number of allylic oxidation sites excluding steroid dienone is 1. The molecule has 23 heavy (non-hydrogen) atoms. The van der Waals surface area contributed by atoms with Crippen molar-refractivity contribution in [1.82, 2.24) is 0 Å². The first kappa shape index (κ1) is 15.3. The molecular formula is C20H23N3. The summed E-state index contributed by atoms with van der Waals surface area (Å²) in [6.07, 6.45) is 6.33. The number of hydrogen-bond donors (Lipinski definition) is 1. The summed E-state index contributed by atoms with van der Waals surface area (Å²) in [4.78, 5) is 3.88. The van der Waals surface area contributed by atoms with E-state index in [1.807, 2.05) is 23.9 Å². The van der Waals surface area contributed by atoms with Crippen LogP contribution in [0, 0.1) is 5.41 Å². The van der Waals surface area contributed by atoms with E-state index in [0.29, 0.717) is 5.96 Å². The Morgan fingerprint density at radius 1 is 1.09 bits per heavy atom. The van der Waals surface area contributed by atoms with Crippen LogP contribution < -0.4 is 9.80 Å². The molecule has 3 heteroatoms. The van der Waals surface area contributed by atoms with Crippen molar-refractivity contribution in [2.24, 2.45) is 0 Å². The summed E-state index contributed by atoms with van der Waals surface area (Å²) >= 11 is 0. The number of anilines is 2. The number of aryl methyl sites for hydroxylation is 1. The van der Waals surface area contributed by atoms with Crippen molar-refractivity contribution in [1.29, 1.82) is 5.41 Å². The second kappa shape index (κ2) is 6.29. The second-order valence-electron chi connectivity index (χ2n) is 5.92. The van der Waals surface area contributed by atoms with E-state index in [0.717, 1.165) is 24.2 Å². The van der Waals surface area contributed by atoms with Crippen molar-refractivity contribution in [3.63, 3.8) is 0 Å². The molecule has 3 rings (SSSR count). The molecule has 0 atom stereocenters. The molecule has 3 nitrogen and oxygen atoms in total. The number of benzene rings is 2. The predicted molar refractivity (Wildman–Crippen MR) is 99.5 cm³/mol. The van der Waals surface area contributed by atoms with Crippen LogP contribution in [0.15, 0.2) is 48.5 Å². The van der Waals surface area contributed by atoms with Gasteiger partial charge in [0.25, 0.3) is 0 Å². The molecule has 0 heterocycles. The maximum atomic E-state index is 8.59. The molecule has 0 aromatic heterocycles. The molecule has 0 fully saturated rings. The number of nitrogens with one attached hydrogen (secondary N) is 1.